The zero-order valence-corrected chi connectivity index (χ0v) is 10.4. The summed E-state index contributed by atoms with van der Waals surface area (Å²) in [6.07, 6.45) is 2.69. The van der Waals surface area contributed by atoms with E-state index in [-0.39, 0.29) is 5.25 Å². The Balaban J connectivity index is 4.11. The van der Waals surface area contributed by atoms with E-state index < -0.39 is 9.84 Å². The molecule has 0 aliphatic carbocycles. The van der Waals surface area contributed by atoms with Gasteiger partial charge in [-0.15, -0.1) is 0 Å². The topological polar surface area (TPSA) is 34.1 Å². The monoisotopic (exact) mass is 306 g/mol. The average Bonchev–Trinajstić information content (AvgIpc) is 1.85. The summed E-state index contributed by atoms with van der Waals surface area (Å²) < 4.78 is 22.1. The summed E-state index contributed by atoms with van der Waals surface area (Å²) >= 11 is 6.47. The van der Waals surface area contributed by atoms with Gasteiger partial charge in [-0.1, -0.05) is 31.9 Å². The predicted molar refractivity (Wildman–Crippen MR) is 55.5 cm³/mol. The molecule has 0 heterocycles. The van der Waals surface area contributed by atoms with E-state index in [9.17, 15) is 8.42 Å². The summed E-state index contributed by atoms with van der Waals surface area (Å²) in [5.74, 6) is 0. The molecular weight excluding hydrogens is 296 g/mol. The molecule has 0 aliphatic rings. The lowest BCUT2D eigenvalue weighted by Crippen LogP contribution is -2.20. The van der Waals surface area contributed by atoms with Crippen LogP contribution in [0.25, 0.3) is 0 Å². The maximum Gasteiger partial charge on any atom is 0.150 e. The van der Waals surface area contributed by atoms with Gasteiger partial charge in [-0.05, 0) is 12.8 Å². The Morgan fingerprint density at radius 1 is 1.18 bits per heavy atom. The largest absolute Gasteiger partial charge is 0.229 e. The van der Waals surface area contributed by atoms with Crippen molar-refractivity contribution in [1.82, 2.24) is 0 Å². The third-order valence-corrected chi connectivity index (χ3v) is 4.07. The van der Waals surface area contributed by atoms with Gasteiger partial charge >= 0.3 is 0 Å². The fraction of sp³-hybridized carbons (Fsp3) is 1.00. The number of rotatable bonds is 5. The fourth-order valence-electron chi connectivity index (χ4n) is 0.816. The van der Waals surface area contributed by atoms with Crippen LogP contribution in [0, 0.1) is 0 Å². The van der Waals surface area contributed by atoms with Crippen LogP contribution < -0.4 is 0 Å². The Kier molecular flexibility index (Phi) is 6.00. The standard InChI is InChI=1S/C6H12Br2O2S/c1-11(9,10)6(2-4-7)3-5-8/h6H,2-5H2,1H3. The van der Waals surface area contributed by atoms with Crippen LogP contribution in [-0.4, -0.2) is 30.6 Å². The highest BCUT2D eigenvalue weighted by molar-refractivity contribution is 9.09. The minimum Gasteiger partial charge on any atom is -0.229 e. The van der Waals surface area contributed by atoms with Gasteiger partial charge in [0.15, 0.2) is 0 Å². The maximum atomic E-state index is 11.1. The van der Waals surface area contributed by atoms with E-state index in [1.54, 1.807) is 0 Å². The summed E-state index contributed by atoms with van der Waals surface area (Å²) in [4.78, 5) is 0. The lowest BCUT2D eigenvalue weighted by molar-refractivity contribution is 0.579. The molecule has 2 nitrogen and oxygen atoms in total. The maximum absolute atomic E-state index is 11.1. The molecule has 68 valence electrons. The summed E-state index contributed by atoms with van der Waals surface area (Å²) in [5.41, 5.74) is 0. The molecule has 0 aliphatic heterocycles. The van der Waals surface area contributed by atoms with Crippen molar-refractivity contribution in [3.63, 3.8) is 0 Å². The highest BCUT2D eigenvalue weighted by Crippen LogP contribution is 2.12. The van der Waals surface area contributed by atoms with Crippen LogP contribution >= 0.6 is 31.9 Å². The van der Waals surface area contributed by atoms with Crippen LogP contribution in [0.15, 0.2) is 0 Å². The fourth-order valence-corrected chi connectivity index (χ4v) is 3.62. The number of hydrogen-bond donors (Lipinski definition) is 0. The van der Waals surface area contributed by atoms with Crippen LogP contribution in [0.4, 0.5) is 0 Å². The summed E-state index contributed by atoms with van der Waals surface area (Å²) in [7, 11) is -2.85. The van der Waals surface area contributed by atoms with Crippen molar-refractivity contribution < 1.29 is 8.42 Å². The zero-order valence-electron chi connectivity index (χ0n) is 6.39. The second kappa shape index (κ2) is 5.54. The van der Waals surface area contributed by atoms with Gasteiger partial charge in [-0.3, -0.25) is 0 Å². The molecule has 0 aromatic carbocycles. The van der Waals surface area contributed by atoms with Gasteiger partial charge in [-0.25, -0.2) is 8.42 Å². The van der Waals surface area contributed by atoms with Gasteiger partial charge in [0.1, 0.15) is 9.84 Å². The molecule has 0 amide bonds. The van der Waals surface area contributed by atoms with E-state index in [1.165, 1.54) is 6.26 Å². The quantitative estimate of drug-likeness (QED) is 0.728. The van der Waals surface area contributed by atoms with Crippen LogP contribution in [0.1, 0.15) is 12.8 Å². The minimum absolute atomic E-state index is 0.193. The lowest BCUT2D eigenvalue weighted by atomic mass is 10.3. The molecule has 0 radical (unpaired) electrons. The predicted octanol–water partition coefficient (Wildman–Crippen LogP) is 1.97. The van der Waals surface area contributed by atoms with E-state index in [1.807, 2.05) is 0 Å². The normalized spacial score (nSPS) is 12.4. The molecule has 0 aromatic heterocycles. The molecule has 0 unspecified atom stereocenters. The van der Waals surface area contributed by atoms with Gasteiger partial charge in [0.05, 0.1) is 5.25 Å². The molecule has 0 spiro atoms. The van der Waals surface area contributed by atoms with Gasteiger partial charge in [0.2, 0.25) is 0 Å². The average molecular weight is 308 g/mol. The van der Waals surface area contributed by atoms with Crippen LogP contribution in [0.3, 0.4) is 0 Å². The van der Waals surface area contributed by atoms with Gasteiger partial charge in [-0.2, -0.15) is 0 Å². The zero-order chi connectivity index (χ0) is 8.91. The van der Waals surface area contributed by atoms with Crippen molar-refractivity contribution >= 4 is 41.7 Å². The number of hydrogen-bond acceptors (Lipinski definition) is 2. The van der Waals surface area contributed by atoms with Crippen molar-refractivity contribution in [1.29, 1.82) is 0 Å². The summed E-state index contributed by atoms with van der Waals surface area (Å²) in [6.45, 7) is 0. The van der Waals surface area contributed by atoms with E-state index in [0.29, 0.717) is 12.8 Å². The number of alkyl halides is 2. The minimum atomic E-state index is -2.85. The second-order valence-electron chi connectivity index (χ2n) is 2.41. The third kappa shape index (κ3) is 5.20. The first-order valence-electron chi connectivity index (χ1n) is 3.33. The van der Waals surface area contributed by atoms with E-state index >= 15 is 0 Å². The van der Waals surface area contributed by atoms with E-state index in [4.69, 9.17) is 0 Å². The molecule has 0 bridgehead atoms. The second-order valence-corrected chi connectivity index (χ2v) is 6.32. The smallest absolute Gasteiger partial charge is 0.150 e. The summed E-state index contributed by atoms with van der Waals surface area (Å²) in [5, 5.41) is 1.30. The number of halogens is 2. The first-order chi connectivity index (χ1) is 5.02. The molecule has 11 heavy (non-hydrogen) atoms. The van der Waals surface area contributed by atoms with Gasteiger partial charge in [0, 0.05) is 16.9 Å². The van der Waals surface area contributed by atoms with Crippen LogP contribution in [-0.2, 0) is 9.84 Å². The van der Waals surface area contributed by atoms with Crippen LogP contribution in [0.2, 0.25) is 0 Å². The van der Waals surface area contributed by atoms with Gasteiger partial charge < -0.3 is 0 Å². The van der Waals surface area contributed by atoms with Crippen molar-refractivity contribution in [2.75, 3.05) is 16.9 Å². The first-order valence-corrected chi connectivity index (χ1v) is 7.53. The van der Waals surface area contributed by atoms with E-state index in [0.717, 1.165) is 10.7 Å². The molecule has 0 aromatic rings. The Morgan fingerprint density at radius 3 is 1.73 bits per heavy atom. The van der Waals surface area contributed by atoms with Crippen molar-refractivity contribution in [3.8, 4) is 0 Å². The molecule has 0 saturated carbocycles. The molecule has 0 fully saturated rings. The molecule has 0 saturated heterocycles. The van der Waals surface area contributed by atoms with Crippen LogP contribution in [0.5, 0.6) is 0 Å². The molecule has 0 atom stereocenters. The molecule has 0 N–H and O–H groups in total. The molecular formula is C6H12Br2O2S. The lowest BCUT2D eigenvalue weighted by Gasteiger charge is -2.10. The molecule has 5 heteroatoms. The van der Waals surface area contributed by atoms with Crippen molar-refractivity contribution in [2.24, 2.45) is 0 Å². The Morgan fingerprint density at radius 2 is 1.55 bits per heavy atom. The SMILES string of the molecule is CS(=O)(=O)C(CCBr)CCBr. The van der Waals surface area contributed by atoms with Crippen molar-refractivity contribution in [3.05, 3.63) is 0 Å². The number of sulfone groups is 1. The third-order valence-electron chi connectivity index (χ3n) is 1.47. The van der Waals surface area contributed by atoms with Crippen molar-refractivity contribution in [2.45, 2.75) is 18.1 Å². The Bertz CT molecular complexity index is 183. The summed E-state index contributed by atoms with van der Waals surface area (Å²) in [6, 6.07) is 0. The first kappa shape index (κ1) is 11.9. The van der Waals surface area contributed by atoms with Gasteiger partial charge in [0.25, 0.3) is 0 Å². The highest BCUT2D eigenvalue weighted by atomic mass is 79.9. The highest BCUT2D eigenvalue weighted by Gasteiger charge is 2.18. The Hall–Kier alpha value is 0.910. The Labute approximate surface area is 84.9 Å². The molecule has 0 rings (SSSR count). The van der Waals surface area contributed by atoms with E-state index in [2.05, 4.69) is 31.9 Å².